The van der Waals surface area contributed by atoms with E-state index in [1.807, 2.05) is 80.3 Å². The molecule has 4 N–H and O–H groups in total. The molecule has 0 saturated heterocycles. The summed E-state index contributed by atoms with van der Waals surface area (Å²) in [5.41, 5.74) is 10.5. The van der Waals surface area contributed by atoms with E-state index in [1.54, 1.807) is 0 Å². The molecule has 0 aliphatic heterocycles. The van der Waals surface area contributed by atoms with Gasteiger partial charge in [-0.2, -0.15) is 4.98 Å². The van der Waals surface area contributed by atoms with E-state index in [4.69, 9.17) is 5.73 Å². The molecule has 0 spiro atoms. The number of aromatic carboxylic acids is 1. The molecule has 10 heteroatoms. The zero-order chi connectivity index (χ0) is 28.2. The molecule has 0 fully saturated rings. The highest BCUT2D eigenvalue weighted by Crippen LogP contribution is 2.30. The monoisotopic (exact) mass is 545 g/mol. The van der Waals surface area contributed by atoms with Gasteiger partial charge >= 0.3 is 5.97 Å². The minimum atomic E-state index is -4.19. The second-order valence-corrected chi connectivity index (χ2v) is 11.2. The number of hydrogen-bond donors (Lipinski definition) is 3. The van der Waals surface area contributed by atoms with Gasteiger partial charge in [0.15, 0.2) is 0 Å². The topological polar surface area (TPSA) is 139 Å². The van der Waals surface area contributed by atoms with Crippen LogP contribution in [-0.4, -0.2) is 42.0 Å². The lowest BCUT2D eigenvalue weighted by Gasteiger charge is -2.27. The van der Waals surface area contributed by atoms with Gasteiger partial charge in [-0.05, 0) is 55.7 Å². The molecular weight excluding hydrogens is 514 g/mol. The molecule has 4 aromatic rings. The standard InChI is InChI=1S/C29H31N5O4S/c1-19-9-7-10-20(2)27(19)25-16-26(34(17-21(3)30)18-22-11-5-4-6-12-22)32-29(31-25)33-39(37,38)24-14-8-13-23(15-24)28(35)36/h4-16,21H,17-18,30H2,1-3H3,(H,35,36)(H,31,32,33). The fourth-order valence-corrected chi connectivity index (χ4v) is 5.34. The molecule has 0 radical (unpaired) electrons. The van der Waals surface area contributed by atoms with Crippen molar-refractivity contribution < 1.29 is 18.3 Å². The molecule has 4 rings (SSSR count). The van der Waals surface area contributed by atoms with Gasteiger partial charge in [0, 0.05) is 30.8 Å². The number of carbonyl (C=O) groups is 1. The number of benzene rings is 3. The van der Waals surface area contributed by atoms with E-state index in [0.717, 1.165) is 28.3 Å². The lowest BCUT2D eigenvalue weighted by atomic mass is 10.00. The molecule has 1 aromatic heterocycles. The van der Waals surface area contributed by atoms with E-state index in [2.05, 4.69) is 14.7 Å². The van der Waals surface area contributed by atoms with Gasteiger partial charge in [0.2, 0.25) is 5.95 Å². The lowest BCUT2D eigenvalue weighted by Crippen LogP contribution is -2.36. The molecule has 3 aromatic carbocycles. The van der Waals surface area contributed by atoms with Crippen molar-refractivity contribution in [3.63, 3.8) is 0 Å². The van der Waals surface area contributed by atoms with E-state index < -0.39 is 16.0 Å². The Morgan fingerprint density at radius 1 is 0.974 bits per heavy atom. The fourth-order valence-electron chi connectivity index (χ4n) is 4.35. The third-order valence-electron chi connectivity index (χ3n) is 6.12. The molecule has 0 saturated carbocycles. The van der Waals surface area contributed by atoms with Gasteiger partial charge in [-0.25, -0.2) is 22.9 Å². The number of nitrogens with two attached hydrogens (primary N) is 1. The Morgan fingerprint density at radius 2 is 1.64 bits per heavy atom. The summed E-state index contributed by atoms with van der Waals surface area (Å²) in [6.45, 7) is 6.79. The summed E-state index contributed by atoms with van der Waals surface area (Å²) in [7, 11) is -4.19. The maximum atomic E-state index is 13.3. The van der Waals surface area contributed by atoms with Crippen LogP contribution in [0.4, 0.5) is 11.8 Å². The molecule has 202 valence electrons. The Balaban J connectivity index is 1.84. The van der Waals surface area contributed by atoms with E-state index in [1.165, 1.54) is 18.2 Å². The van der Waals surface area contributed by atoms with E-state index in [9.17, 15) is 18.3 Å². The van der Waals surface area contributed by atoms with Crippen LogP contribution in [-0.2, 0) is 16.6 Å². The van der Waals surface area contributed by atoms with Crippen LogP contribution in [0.3, 0.4) is 0 Å². The molecule has 1 atom stereocenters. The molecule has 1 unspecified atom stereocenters. The van der Waals surface area contributed by atoms with Crippen molar-refractivity contribution in [2.45, 2.75) is 38.3 Å². The van der Waals surface area contributed by atoms with Gasteiger partial charge in [0.05, 0.1) is 16.2 Å². The molecule has 0 bridgehead atoms. The Kier molecular flexibility index (Phi) is 8.27. The molecule has 0 aliphatic rings. The fraction of sp³-hybridized carbons (Fsp3) is 0.207. The first-order valence-electron chi connectivity index (χ1n) is 12.4. The van der Waals surface area contributed by atoms with E-state index >= 15 is 0 Å². The average molecular weight is 546 g/mol. The van der Waals surface area contributed by atoms with Gasteiger partial charge in [0.1, 0.15) is 5.82 Å². The zero-order valence-electron chi connectivity index (χ0n) is 22.0. The number of carboxylic acids is 1. The highest BCUT2D eigenvalue weighted by molar-refractivity contribution is 7.92. The lowest BCUT2D eigenvalue weighted by molar-refractivity contribution is 0.0696. The number of rotatable bonds is 10. The van der Waals surface area contributed by atoms with Crippen molar-refractivity contribution in [1.82, 2.24) is 9.97 Å². The molecule has 0 aliphatic carbocycles. The molecule has 1 heterocycles. The molecule has 39 heavy (non-hydrogen) atoms. The van der Waals surface area contributed by atoms with Crippen molar-refractivity contribution in [2.24, 2.45) is 5.73 Å². The third kappa shape index (κ3) is 6.78. The number of aromatic nitrogens is 2. The summed E-state index contributed by atoms with van der Waals surface area (Å²) in [4.78, 5) is 22.4. The van der Waals surface area contributed by atoms with Gasteiger partial charge in [-0.3, -0.25) is 0 Å². The van der Waals surface area contributed by atoms with Crippen LogP contribution in [0, 0.1) is 13.8 Å². The third-order valence-corrected chi connectivity index (χ3v) is 7.44. The van der Waals surface area contributed by atoms with Crippen molar-refractivity contribution in [3.05, 3.63) is 101 Å². The van der Waals surface area contributed by atoms with Crippen LogP contribution >= 0.6 is 0 Å². The Bertz CT molecular complexity index is 1570. The summed E-state index contributed by atoms with van der Waals surface area (Å²) in [6.07, 6.45) is 0. The van der Waals surface area contributed by atoms with Crippen LogP contribution < -0.4 is 15.4 Å². The highest BCUT2D eigenvalue weighted by atomic mass is 32.2. The van der Waals surface area contributed by atoms with Crippen LogP contribution in [0.25, 0.3) is 11.3 Å². The largest absolute Gasteiger partial charge is 0.478 e. The first kappa shape index (κ1) is 27.7. The van der Waals surface area contributed by atoms with E-state index in [-0.39, 0.29) is 22.4 Å². The van der Waals surface area contributed by atoms with Crippen LogP contribution in [0.2, 0.25) is 0 Å². The number of hydrogen-bond acceptors (Lipinski definition) is 7. The summed E-state index contributed by atoms with van der Waals surface area (Å²) in [6, 6.07) is 22.5. The van der Waals surface area contributed by atoms with Crippen molar-refractivity contribution in [3.8, 4) is 11.3 Å². The van der Waals surface area contributed by atoms with Crippen molar-refractivity contribution >= 4 is 27.8 Å². The van der Waals surface area contributed by atoms with E-state index in [0.29, 0.717) is 24.6 Å². The van der Waals surface area contributed by atoms with Gasteiger partial charge in [-0.1, -0.05) is 54.6 Å². The first-order valence-corrected chi connectivity index (χ1v) is 13.9. The van der Waals surface area contributed by atoms with Crippen molar-refractivity contribution in [2.75, 3.05) is 16.2 Å². The minimum Gasteiger partial charge on any atom is -0.478 e. The number of sulfonamides is 1. The smallest absolute Gasteiger partial charge is 0.335 e. The number of nitrogens with zero attached hydrogens (tertiary/aromatic N) is 3. The Hall–Kier alpha value is -4.28. The van der Waals surface area contributed by atoms with Crippen LogP contribution in [0.15, 0.2) is 83.8 Å². The predicted molar refractivity (Wildman–Crippen MR) is 152 cm³/mol. The predicted octanol–water partition coefficient (Wildman–Crippen LogP) is 4.61. The first-order chi connectivity index (χ1) is 18.5. The zero-order valence-corrected chi connectivity index (χ0v) is 22.8. The Labute approximate surface area is 228 Å². The summed E-state index contributed by atoms with van der Waals surface area (Å²) >= 11 is 0. The quantitative estimate of drug-likeness (QED) is 0.263. The van der Waals surface area contributed by atoms with Gasteiger partial charge < -0.3 is 15.7 Å². The SMILES string of the molecule is Cc1cccc(C)c1-c1cc(N(Cc2ccccc2)CC(C)N)nc(NS(=O)(=O)c2cccc(C(=O)O)c2)n1. The summed E-state index contributed by atoms with van der Waals surface area (Å²) in [5, 5.41) is 9.31. The van der Waals surface area contributed by atoms with Gasteiger partial charge in [-0.15, -0.1) is 0 Å². The summed E-state index contributed by atoms with van der Waals surface area (Å²) in [5.74, 6) is -0.857. The second-order valence-electron chi connectivity index (χ2n) is 9.48. The maximum absolute atomic E-state index is 13.3. The highest BCUT2D eigenvalue weighted by Gasteiger charge is 2.21. The molecule has 0 amide bonds. The maximum Gasteiger partial charge on any atom is 0.335 e. The normalized spacial score (nSPS) is 12.1. The van der Waals surface area contributed by atoms with Crippen LogP contribution in [0.1, 0.15) is 34.0 Å². The number of carboxylic acid groups (broad SMARTS) is 1. The van der Waals surface area contributed by atoms with Crippen molar-refractivity contribution in [1.29, 1.82) is 0 Å². The average Bonchev–Trinajstić information content (AvgIpc) is 2.88. The van der Waals surface area contributed by atoms with Gasteiger partial charge in [0.25, 0.3) is 10.0 Å². The number of aryl methyl sites for hydroxylation is 2. The molecule has 9 nitrogen and oxygen atoms in total. The number of anilines is 2. The van der Waals surface area contributed by atoms with Crippen LogP contribution in [0.5, 0.6) is 0 Å². The second kappa shape index (κ2) is 11.6. The minimum absolute atomic E-state index is 0.131. The summed E-state index contributed by atoms with van der Waals surface area (Å²) < 4.78 is 29.0. The number of nitrogens with one attached hydrogen (secondary N) is 1. The molecular formula is C29H31N5O4S. The Morgan fingerprint density at radius 3 is 2.28 bits per heavy atom.